The van der Waals surface area contributed by atoms with Crippen molar-refractivity contribution < 1.29 is 12.8 Å². The van der Waals surface area contributed by atoms with Gasteiger partial charge in [-0.25, -0.2) is 33.1 Å². The minimum Gasteiger partial charge on any atom is -0.449 e. The number of hydrogen-bond donors (Lipinski definition) is 3. The van der Waals surface area contributed by atoms with E-state index in [1.54, 1.807) is 50.4 Å². The molecule has 0 radical (unpaired) electrons. The van der Waals surface area contributed by atoms with Gasteiger partial charge < -0.3 is 15.1 Å². The van der Waals surface area contributed by atoms with Crippen LogP contribution in [0.3, 0.4) is 0 Å². The Balaban J connectivity index is 1.33. The van der Waals surface area contributed by atoms with Gasteiger partial charge in [-0.05, 0) is 43.7 Å². The first-order valence-electron chi connectivity index (χ1n) is 10.6. The second-order valence-corrected chi connectivity index (χ2v) is 9.40. The Kier molecular flexibility index (Phi) is 6.85. The zero-order chi connectivity index (χ0) is 24.1. The molecule has 3 heterocycles. The Hall–Kier alpha value is -3.83. The SMILES string of the molecule is Cc1ccnc(Nc2cc(NCCNS(=O)(=O)c3ccc(-c4coc(C)n4)cc3)nc(C)n2)c1. The number of oxazole rings is 1. The average Bonchev–Trinajstić information content (AvgIpc) is 3.23. The zero-order valence-electron chi connectivity index (χ0n) is 19.0. The second kappa shape index (κ2) is 9.98. The van der Waals surface area contributed by atoms with Crippen LogP contribution in [0.1, 0.15) is 17.3 Å². The monoisotopic (exact) mass is 479 g/mol. The highest BCUT2D eigenvalue weighted by Crippen LogP contribution is 2.21. The van der Waals surface area contributed by atoms with E-state index in [-0.39, 0.29) is 11.4 Å². The third kappa shape index (κ3) is 5.94. The molecule has 10 nitrogen and oxygen atoms in total. The predicted octanol–water partition coefficient (Wildman–Crippen LogP) is 3.59. The van der Waals surface area contributed by atoms with Crippen molar-refractivity contribution in [3.63, 3.8) is 0 Å². The van der Waals surface area contributed by atoms with Gasteiger partial charge in [-0.3, -0.25) is 0 Å². The standard InChI is InChI=1S/C23H25N7O3S/c1-15-8-9-24-21(12-15)30-23-13-22(27-16(2)28-23)25-10-11-26-34(31,32)19-6-4-18(5-7-19)20-14-33-17(3)29-20/h4-9,12-14,26H,10-11H2,1-3H3,(H2,24,25,27,28,30). The first kappa shape index (κ1) is 23.3. The molecule has 1 aromatic carbocycles. The number of benzene rings is 1. The van der Waals surface area contributed by atoms with Crippen LogP contribution in [0.5, 0.6) is 0 Å². The Morgan fingerprint density at radius 2 is 1.65 bits per heavy atom. The summed E-state index contributed by atoms with van der Waals surface area (Å²) in [6.07, 6.45) is 3.26. The highest BCUT2D eigenvalue weighted by Gasteiger charge is 2.14. The van der Waals surface area contributed by atoms with Gasteiger partial charge in [0.05, 0.1) is 4.90 Å². The van der Waals surface area contributed by atoms with Gasteiger partial charge in [0.15, 0.2) is 5.89 Å². The summed E-state index contributed by atoms with van der Waals surface area (Å²) in [5, 5.41) is 6.28. The van der Waals surface area contributed by atoms with Crippen LogP contribution in [0.15, 0.2) is 64.2 Å². The molecule has 0 aliphatic heterocycles. The molecule has 0 saturated carbocycles. The molecule has 4 aromatic rings. The van der Waals surface area contributed by atoms with E-state index in [9.17, 15) is 8.42 Å². The van der Waals surface area contributed by atoms with E-state index in [1.165, 1.54) is 6.26 Å². The molecule has 3 N–H and O–H groups in total. The smallest absolute Gasteiger partial charge is 0.240 e. The van der Waals surface area contributed by atoms with Crippen LogP contribution in [-0.4, -0.2) is 41.4 Å². The van der Waals surface area contributed by atoms with Gasteiger partial charge in [-0.15, -0.1) is 0 Å². The maximum atomic E-state index is 12.6. The first-order valence-corrected chi connectivity index (χ1v) is 12.1. The van der Waals surface area contributed by atoms with Gasteiger partial charge in [-0.2, -0.15) is 0 Å². The molecule has 176 valence electrons. The third-order valence-electron chi connectivity index (χ3n) is 4.81. The molecular formula is C23H25N7O3S. The first-order chi connectivity index (χ1) is 16.3. The Bertz CT molecular complexity index is 1390. The lowest BCUT2D eigenvalue weighted by Crippen LogP contribution is -2.29. The fraction of sp³-hybridized carbons (Fsp3) is 0.217. The van der Waals surface area contributed by atoms with Crippen LogP contribution in [0.25, 0.3) is 11.3 Å². The van der Waals surface area contributed by atoms with Crippen LogP contribution in [-0.2, 0) is 10.0 Å². The molecule has 0 aliphatic rings. The number of nitrogens with zero attached hydrogens (tertiary/aromatic N) is 4. The zero-order valence-corrected chi connectivity index (χ0v) is 19.8. The average molecular weight is 480 g/mol. The van der Waals surface area contributed by atoms with Crippen molar-refractivity contribution in [2.75, 3.05) is 23.7 Å². The molecule has 34 heavy (non-hydrogen) atoms. The highest BCUT2D eigenvalue weighted by atomic mass is 32.2. The van der Waals surface area contributed by atoms with Crippen molar-refractivity contribution in [3.8, 4) is 11.3 Å². The summed E-state index contributed by atoms with van der Waals surface area (Å²) in [7, 11) is -3.66. The van der Waals surface area contributed by atoms with Crippen LogP contribution >= 0.6 is 0 Å². The van der Waals surface area contributed by atoms with Crippen molar-refractivity contribution in [2.24, 2.45) is 0 Å². The minimum absolute atomic E-state index is 0.173. The fourth-order valence-electron chi connectivity index (χ4n) is 3.22. The topological polar surface area (TPSA) is 135 Å². The molecule has 3 aromatic heterocycles. The van der Waals surface area contributed by atoms with Crippen molar-refractivity contribution in [1.82, 2.24) is 24.7 Å². The molecule has 0 spiro atoms. The summed E-state index contributed by atoms with van der Waals surface area (Å²) in [6, 6.07) is 12.1. The lowest BCUT2D eigenvalue weighted by Gasteiger charge is -2.11. The van der Waals surface area contributed by atoms with Crippen LogP contribution in [0, 0.1) is 20.8 Å². The molecule has 0 aliphatic carbocycles. The number of anilines is 3. The lowest BCUT2D eigenvalue weighted by molar-refractivity contribution is 0.521. The molecule has 0 bridgehead atoms. The molecule has 0 fully saturated rings. The Labute approximate surface area is 198 Å². The summed E-state index contributed by atoms with van der Waals surface area (Å²) >= 11 is 0. The summed E-state index contributed by atoms with van der Waals surface area (Å²) in [6.45, 7) is 6.04. The largest absolute Gasteiger partial charge is 0.449 e. The predicted molar refractivity (Wildman–Crippen MR) is 129 cm³/mol. The van der Waals surface area contributed by atoms with Crippen molar-refractivity contribution in [2.45, 2.75) is 25.7 Å². The van der Waals surface area contributed by atoms with Crippen molar-refractivity contribution in [1.29, 1.82) is 0 Å². The van der Waals surface area contributed by atoms with E-state index in [1.807, 2.05) is 19.1 Å². The van der Waals surface area contributed by atoms with E-state index in [4.69, 9.17) is 4.42 Å². The van der Waals surface area contributed by atoms with Gasteiger partial charge >= 0.3 is 0 Å². The highest BCUT2D eigenvalue weighted by molar-refractivity contribution is 7.89. The normalized spacial score (nSPS) is 11.4. The number of aromatic nitrogens is 4. The van der Waals surface area contributed by atoms with E-state index < -0.39 is 10.0 Å². The van der Waals surface area contributed by atoms with Gasteiger partial charge in [0.25, 0.3) is 0 Å². The van der Waals surface area contributed by atoms with Gasteiger partial charge in [-0.1, -0.05) is 12.1 Å². The van der Waals surface area contributed by atoms with E-state index in [0.717, 1.165) is 11.1 Å². The molecule has 11 heteroatoms. The summed E-state index contributed by atoms with van der Waals surface area (Å²) in [4.78, 5) is 17.4. The Morgan fingerprint density at radius 3 is 2.35 bits per heavy atom. The maximum absolute atomic E-state index is 12.6. The summed E-state index contributed by atoms with van der Waals surface area (Å²) in [5.74, 6) is 2.98. The van der Waals surface area contributed by atoms with Crippen LogP contribution < -0.4 is 15.4 Å². The summed E-state index contributed by atoms with van der Waals surface area (Å²) in [5.41, 5.74) is 2.52. The van der Waals surface area contributed by atoms with Crippen LogP contribution in [0.4, 0.5) is 17.5 Å². The molecule has 0 atom stereocenters. The quantitative estimate of drug-likeness (QED) is 0.308. The Morgan fingerprint density at radius 1 is 0.882 bits per heavy atom. The van der Waals surface area contributed by atoms with Gasteiger partial charge in [0, 0.05) is 37.8 Å². The number of sulfonamides is 1. The van der Waals surface area contributed by atoms with Gasteiger partial charge in [0.1, 0.15) is 35.2 Å². The lowest BCUT2D eigenvalue weighted by atomic mass is 10.2. The fourth-order valence-corrected chi connectivity index (χ4v) is 4.25. The molecule has 0 unspecified atom stereocenters. The van der Waals surface area contributed by atoms with Crippen LogP contribution in [0.2, 0.25) is 0 Å². The second-order valence-electron chi connectivity index (χ2n) is 7.63. The number of aryl methyl sites for hydroxylation is 3. The molecular weight excluding hydrogens is 454 g/mol. The third-order valence-corrected chi connectivity index (χ3v) is 6.29. The molecule has 0 amide bonds. The van der Waals surface area contributed by atoms with Gasteiger partial charge in [0.2, 0.25) is 10.0 Å². The molecule has 4 rings (SSSR count). The van der Waals surface area contributed by atoms with E-state index in [2.05, 4.69) is 35.3 Å². The number of pyridine rings is 1. The van der Waals surface area contributed by atoms with E-state index in [0.29, 0.717) is 41.4 Å². The number of rotatable bonds is 9. The minimum atomic E-state index is -3.66. The number of hydrogen-bond acceptors (Lipinski definition) is 9. The van der Waals surface area contributed by atoms with Crippen molar-refractivity contribution >= 4 is 27.5 Å². The van der Waals surface area contributed by atoms with Crippen molar-refractivity contribution in [3.05, 3.63) is 72.2 Å². The molecule has 0 saturated heterocycles. The van der Waals surface area contributed by atoms with E-state index >= 15 is 0 Å². The summed E-state index contributed by atoms with van der Waals surface area (Å²) < 4.78 is 33.0. The number of nitrogens with one attached hydrogen (secondary N) is 3. The maximum Gasteiger partial charge on any atom is 0.240 e.